The molecule has 4 unspecified atom stereocenters. The Balaban J connectivity index is 0.000000166. The molecule has 17 nitrogen and oxygen atoms in total. The van der Waals surface area contributed by atoms with Gasteiger partial charge in [0.25, 0.3) is 0 Å². The molecule has 4 aromatic heterocycles. The SMILES string of the molecule is C#CCOC(=O)OC1=C(c2c(C)cc(C#CC)cc2C)C(=O)C(Cc2ccccn2)C1.CC#Cc1cc(C)c(C2=C(OC(=O)C3CCCCC3)CC(Cc3ccccn3)C2=O)c(C)c1.CC#Cc1cc(C)c(C2=C(OC(=O)CCC)CC(Cc3ccccn3)C2=O)c(C)c1.CC#Cc1cc(C)c(C2=C(OC(=O)Sc3ccccc3)CC(Cc3ccccn3)C2=O)c(C)c1. The summed E-state index contributed by atoms with van der Waals surface area (Å²) in [7, 11) is 0. The molecule has 0 spiro atoms. The zero-order chi connectivity index (χ0) is 91.5. The Bertz CT molecular complexity index is 6070. The number of ether oxygens (including phenoxy) is 5. The Morgan fingerprint density at radius 2 is 0.703 bits per heavy atom. The first-order valence-corrected chi connectivity index (χ1v) is 44.2. The minimum Gasteiger partial charge on any atom is -0.430 e. The lowest BCUT2D eigenvalue weighted by Gasteiger charge is -2.21. The third kappa shape index (κ3) is 24.6. The number of ketones is 4. The van der Waals surface area contributed by atoms with Gasteiger partial charge in [-0.05, 0) is 290 Å². The molecule has 0 bridgehead atoms. The molecule has 0 N–H and O–H groups in total. The highest BCUT2D eigenvalue weighted by Gasteiger charge is 2.43. The number of carbonyl (C=O) groups excluding carboxylic acids is 8. The second-order valence-corrected chi connectivity index (χ2v) is 33.4. The van der Waals surface area contributed by atoms with Gasteiger partial charge >= 0.3 is 23.4 Å². The number of thioether (sulfide) groups is 1. The third-order valence-electron chi connectivity index (χ3n) is 22.7. The first kappa shape index (κ1) is 94.8. The van der Waals surface area contributed by atoms with Crippen molar-refractivity contribution in [3.8, 4) is 59.7 Å². The van der Waals surface area contributed by atoms with Gasteiger partial charge in [-0.1, -0.05) is 98.3 Å². The predicted molar refractivity (Wildman–Crippen MR) is 499 cm³/mol. The summed E-state index contributed by atoms with van der Waals surface area (Å²) >= 11 is 1.01. The van der Waals surface area contributed by atoms with Gasteiger partial charge in [0.05, 0.1) is 28.2 Å². The monoisotopic (exact) mass is 1720 g/mol. The summed E-state index contributed by atoms with van der Waals surface area (Å²) in [6, 6.07) is 47.8. The maximum absolute atomic E-state index is 13.7. The van der Waals surface area contributed by atoms with Gasteiger partial charge in [0.15, 0.2) is 29.7 Å². The number of nitrogens with zero attached hydrogens (tertiary/aromatic N) is 4. The number of allylic oxidation sites excluding steroid dienone is 8. The third-order valence-corrected chi connectivity index (χ3v) is 23.5. The molecule has 650 valence electrons. The Morgan fingerprint density at radius 1 is 0.398 bits per heavy atom. The van der Waals surface area contributed by atoms with Crippen LogP contribution in [0.5, 0.6) is 0 Å². The second-order valence-electron chi connectivity index (χ2n) is 32.4. The van der Waals surface area contributed by atoms with Gasteiger partial charge < -0.3 is 23.7 Å². The van der Waals surface area contributed by atoms with E-state index in [1.54, 1.807) is 45.6 Å². The van der Waals surface area contributed by atoms with E-state index in [4.69, 9.17) is 30.1 Å². The molecule has 4 atom stereocenters. The van der Waals surface area contributed by atoms with Crippen LogP contribution in [0.4, 0.5) is 9.59 Å². The fraction of sp³-hybridized carbons (Fsp3) is 0.309. The van der Waals surface area contributed by atoms with E-state index >= 15 is 0 Å². The second kappa shape index (κ2) is 45.9. The Morgan fingerprint density at radius 3 is 1.00 bits per heavy atom. The van der Waals surface area contributed by atoms with Crippen LogP contribution in [0.3, 0.4) is 0 Å². The number of hydrogen-bond acceptors (Lipinski definition) is 18. The highest BCUT2D eigenvalue weighted by atomic mass is 32.2. The van der Waals surface area contributed by atoms with Crippen LogP contribution in [0.2, 0.25) is 0 Å². The summed E-state index contributed by atoms with van der Waals surface area (Å²) in [4.78, 5) is 123. The van der Waals surface area contributed by atoms with Crippen molar-refractivity contribution < 1.29 is 62.0 Å². The molecular formula is C110H106N4O13S. The fourth-order valence-electron chi connectivity index (χ4n) is 17.4. The number of carbonyl (C=O) groups is 8. The lowest BCUT2D eigenvalue weighted by atomic mass is 9.89. The molecule has 0 amide bonds. The van der Waals surface area contributed by atoms with Crippen molar-refractivity contribution >= 4 is 80.6 Å². The summed E-state index contributed by atoms with van der Waals surface area (Å²) in [6.45, 7) is 24.6. The zero-order valence-electron chi connectivity index (χ0n) is 75.0. The number of pyridine rings is 4. The van der Waals surface area contributed by atoms with Crippen LogP contribution in [-0.4, -0.2) is 73.1 Å². The van der Waals surface area contributed by atoms with E-state index in [0.29, 0.717) is 103 Å². The minimum absolute atomic E-state index is 0.0143. The number of rotatable bonds is 21. The molecule has 0 saturated heterocycles. The number of hydrogen-bond donors (Lipinski definition) is 0. The maximum atomic E-state index is 13.7. The molecule has 128 heavy (non-hydrogen) atoms. The van der Waals surface area contributed by atoms with E-state index in [2.05, 4.69) is 73.2 Å². The van der Waals surface area contributed by atoms with Crippen LogP contribution < -0.4 is 0 Å². The van der Waals surface area contributed by atoms with Crippen molar-refractivity contribution in [3.05, 3.63) is 311 Å². The smallest absolute Gasteiger partial charge is 0.430 e. The highest BCUT2D eigenvalue weighted by Crippen LogP contribution is 2.46. The quantitative estimate of drug-likeness (QED) is 0.0281. The van der Waals surface area contributed by atoms with E-state index in [9.17, 15) is 38.4 Å². The average molecular weight is 1720 g/mol. The molecule has 5 aromatic carbocycles. The summed E-state index contributed by atoms with van der Waals surface area (Å²) < 4.78 is 27.9. The van der Waals surface area contributed by atoms with Crippen LogP contribution >= 0.6 is 11.8 Å². The summed E-state index contributed by atoms with van der Waals surface area (Å²) in [5, 5.41) is -0.450. The van der Waals surface area contributed by atoms with E-state index in [-0.39, 0.29) is 77.7 Å². The number of aryl methyl sites for hydroxylation is 8. The molecule has 18 heteroatoms. The van der Waals surface area contributed by atoms with Crippen molar-refractivity contribution in [2.45, 2.75) is 191 Å². The van der Waals surface area contributed by atoms with E-state index < -0.39 is 11.5 Å². The molecule has 5 aliphatic rings. The number of Topliss-reactive ketones (excluding diaryl/α,β-unsaturated/α-hetero) is 4. The molecule has 0 aliphatic heterocycles. The standard InChI is InChI=1S/C29H25NO3S.C29H31NO3.C26H23NO4.C26H27NO3/c1-4-10-21-15-19(2)26(20(3)16-21)27-25(33-29(32)34-24-12-6-5-7-13-24)18-22(28(27)31)17-23-11-8-9-14-30-23;1-4-10-21-15-19(2)26(20(3)16-21)27-25(33-29(32)22-11-6-5-7-12-22)18-23(28(27)31)17-24-13-8-9-14-30-24;1-5-9-19-13-17(3)23(18(4)14-19)24-22(31-26(29)30-12-6-2)16-20(25(24)28)15-21-10-7-8-11-27-21;1-5-9-19-13-17(3)24(18(4)14-19)25-22(30-23(28)10-6-2)16-20(26(25)29)15-21-11-7-8-12-27-21/h5-9,11-16,22H,17-18H2,1-3H3;8-9,13-16,22-23H,5-7,11-12,17-18H2,1-3H3;2,7-8,10-11,13-14,20H,12,15-16H2,1,3-4H3;7-8,11-14,20H,6,10,15-16H2,1-4H3. The largest absolute Gasteiger partial charge is 0.514 e. The molecule has 4 heterocycles. The number of esters is 2. The van der Waals surface area contributed by atoms with Gasteiger partial charge in [0.1, 0.15) is 23.0 Å². The molecule has 9 aromatic rings. The highest BCUT2D eigenvalue weighted by molar-refractivity contribution is 8.13. The van der Waals surface area contributed by atoms with Crippen LogP contribution in [0, 0.1) is 145 Å². The lowest BCUT2D eigenvalue weighted by molar-refractivity contribution is -0.145. The summed E-state index contributed by atoms with van der Waals surface area (Å²) in [5.41, 5.74) is 19.8. The molecule has 1 saturated carbocycles. The van der Waals surface area contributed by atoms with Crippen LogP contribution in [0.15, 0.2) is 204 Å². The van der Waals surface area contributed by atoms with Crippen LogP contribution in [0.1, 0.15) is 217 Å². The average Bonchev–Trinajstić information content (AvgIpc) is 1.63. The van der Waals surface area contributed by atoms with Crippen molar-refractivity contribution in [2.24, 2.45) is 29.6 Å². The number of terminal acetylenes is 1. The van der Waals surface area contributed by atoms with Crippen molar-refractivity contribution in [1.82, 2.24) is 19.9 Å². The minimum atomic E-state index is -0.916. The van der Waals surface area contributed by atoms with Crippen LogP contribution in [-0.2, 0) is 78.1 Å². The molecule has 1 fully saturated rings. The molecule has 0 radical (unpaired) electrons. The van der Waals surface area contributed by atoms with Crippen LogP contribution in [0.25, 0.3) is 22.3 Å². The van der Waals surface area contributed by atoms with Gasteiger partial charge in [0, 0.05) is 156 Å². The molecule has 5 aliphatic carbocycles. The van der Waals surface area contributed by atoms with E-state index in [0.717, 1.165) is 154 Å². The fourth-order valence-corrected chi connectivity index (χ4v) is 18.0. The first-order valence-electron chi connectivity index (χ1n) is 43.3. The molecular weight excluding hydrogens is 1620 g/mol. The Kier molecular flexibility index (Phi) is 34.0. The zero-order valence-corrected chi connectivity index (χ0v) is 75.8. The first-order chi connectivity index (χ1) is 61.8. The topological polar surface area (TPSA) is 234 Å². The predicted octanol–water partition coefficient (Wildman–Crippen LogP) is 21.6. The van der Waals surface area contributed by atoms with Crippen molar-refractivity contribution in [1.29, 1.82) is 0 Å². The van der Waals surface area contributed by atoms with Gasteiger partial charge in [-0.2, -0.15) is 0 Å². The normalized spacial score (nSPS) is 16.2. The lowest BCUT2D eigenvalue weighted by Crippen LogP contribution is -2.20. The number of benzene rings is 5. The van der Waals surface area contributed by atoms with Gasteiger partial charge in [0.2, 0.25) is 0 Å². The Hall–Kier alpha value is -13.8. The van der Waals surface area contributed by atoms with E-state index in [1.165, 1.54) is 6.42 Å². The Labute approximate surface area is 756 Å². The molecule has 14 rings (SSSR count). The van der Waals surface area contributed by atoms with Crippen molar-refractivity contribution in [2.75, 3.05) is 6.61 Å². The van der Waals surface area contributed by atoms with E-state index in [1.807, 2.05) is 221 Å². The number of aromatic nitrogens is 4. The summed E-state index contributed by atoms with van der Waals surface area (Å²) in [6.07, 6.45) is 20.7. The van der Waals surface area contributed by atoms with Gasteiger partial charge in [-0.3, -0.25) is 48.7 Å². The summed E-state index contributed by atoms with van der Waals surface area (Å²) in [5.74, 6) is 26.1. The van der Waals surface area contributed by atoms with Crippen molar-refractivity contribution in [3.63, 3.8) is 0 Å². The van der Waals surface area contributed by atoms with Gasteiger partial charge in [-0.15, -0.1) is 30.1 Å². The maximum Gasteiger partial charge on any atom is 0.514 e. The van der Waals surface area contributed by atoms with Gasteiger partial charge in [-0.25, -0.2) is 9.59 Å².